The van der Waals surface area contributed by atoms with E-state index in [9.17, 15) is 9.18 Å². The minimum absolute atomic E-state index is 0.142. The van der Waals surface area contributed by atoms with Gasteiger partial charge in [-0.15, -0.1) is 0 Å². The number of hydrogen-bond acceptors (Lipinski definition) is 3. The summed E-state index contributed by atoms with van der Waals surface area (Å²) in [7, 11) is 0. The number of carbonyl (C=O) groups is 1. The van der Waals surface area contributed by atoms with E-state index in [1.807, 2.05) is 6.92 Å². The lowest BCUT2D eigenvalue weighted by atomic mass is 10.1. The molecule has 0 aliphatic carbocycles. The van der Waals surface area contributed by atoms with Gasteiger partial charge in [0.05, 0.1) is 23.8 Å². The molecule has 6 heteroatoms. The van der Waals surface area contributed by atoms with Gasteiger partial charge < -0.3 is 14.7 Å². The lowest BCUT2D eigenvalue weighted by molar-refractivity contribution is -0.142. The molecule has 1 aliphatic rings. The molecule has 1 aromatic rings. The lowest BCUT2D eigenvalue weighted by Gasteiger charge is -2.35. The van der Waals surface area contributed by atoms with Crippen LogP contribution < -0.4 is 0 Å². The number of rotatable bonds is 3. The molecule has 2 rings (SSSR count). The van der Waals surface area contributed by atoms with E-state index in [2.05, 4.69) is 0 Å². The van der Waals surface area contributed by atoms with Crippen molar-refractivity contribution in [2.75, 3.05) is 19.7 Å². The van der Waals surface area contributed by atoms with Crippen molar-refractivity contribution in [1.82, 2.24) is 4.90 Å². The Balaban J connectivity index is 2.08. The largest absolute Gasteiger partial charge is 0.394 e. The number of benzene rings is 1. The lowest BCUT2D eigenvalue weighted by Crippen LogP contribution is -2.49. The fourth-order valence-corrected chi connectivity index (χ4v) is 2.48. The SMILES string of the molecule is CC1CN(C(=O)/C=C/c2c(F)cccc2Cl)CC(CO)O1. The maximum absolute atomic E-state index is 13.6. The van der Waals surface area contributed by atoms with Crippen LogP contribution >= 0.6 is 11.6 Å². The zero-order valence-corrected chi connectivity index (χ0v) is 12.4. The smallest absolute Gasteiger partial charge is 0.246 e. The summed E-state index contributed by atoms with van der Waals surface area (Å²) in [5, 5.41) is 9.39. The number of ether oxygens (including phenoxy) is 1. The summed E-state index contributed by atoms with van der Waals surface area (Å²) in [5.41, 5.74) is 0.188. The predicted octanol–water partition coefficient (Wildman–Crippen LogP) is 2.10. The van der Waals surface area contributed by atoms with E-state index >= 15 is 0 Å². The van der Waals surface area contributed by atoms with Crippen molar-refractivity contribution in [2.24, 2.45) is 0 Å². The van der Waals surface area contributed by atoms with Gasteiger partial charge >= 0.3 is 0 Å². The van der Waals surface area contributed by atoms with Crippen LogP contribution in [0.25, 0.3) is 6.08 Å². The highest BCUT2D eigenvalue weighted by molar-refractivity contribution is 6.32. The molecule has 4 nitrogen and oxygen atoms in total. The second-order valence-electron chi connectivity index (χ2n) is 4.96. The van der Waals surface area contributed by atoms with Gasteiger partial charge in [0.15, 0.2) is 0 Å². The van der Waals surface area contributed by atoms with Crippen molar-refractivity contribution in [3.63, 3.8) is 0 Å². The van der Waals surface area contributed by atoms with Gasteiger partial charge in [-0.2, -0.15) is 0 Å². The van der Waals surface area contributed by atoms with Crippen molar-refractivity contribution in [2.45, 2.75) is 19.1 Å². The van der Waals surface area contributed by atoms with E-state index in [1.54, 1.807) is 11.0 Å². The van der Waals surface area contributed by atoms with Gasteiger partial charge in [-0.1, -0.05) is 17.7 Å². The number of carbonyl (C=O) groups excluding carboxylic acids is 1. The van der Waals surface area contributed by atoms with Crippen LogP contribution in [0.1, 0.15) is 12.5 Å². The first-order valence-corrected chi connectivity index (χ1v) is 7.06. The number of amides is 1. The molecule has 0 spiro atoms. The Bertz CT molecular complexity index is 529. The number of aliphatic hydroxyl groups is 1. The molecule has 21 heavy (non-hydrogen) atoms. The molecular weight excluding hydrogens is 297 g/mol. The molecule has 1 heterocycles. The molecule has 1 aliphatic heterocycles. The minimum Gasteiger partial charge on any atom is -0.394 e. The first-order chi connectivity index (χ1) is 10.0. The van der Waals surface area contributed by atoms with Crippen molar-refractivity contribution in [3.05, 3.63) is 40.7 Å². The maximum Gasteiger partial charge on any atom is 0.246 e. The third kappa shape index (κ3) is 4.03. The Morgan fingerprint density at radius 2 is 2.33 bits per heavy atom. The number of hydrogen-bond donors (Lipinski definition) is 1. The van der Waals surface area contributed by atoms with Crippen molar-refractivity contribution < 1.29 is 19.0 Å². The van der Waals surface area contributed by atoms with Crippen LogP contribution in [0.4, 0.5) is 4.39 Å². The van der Waals surface area contributed by atoms with Crippen LogP contribution in [0.3, 0.4) is 0 Å². The summed E-state index contributed by atoms with van der Waals surface area (Å²) in [6, 6.07) is 4.36. The summed E-state index contributed by atoms with van der Waals surface area (Å²) in [4.78, 5) is 13.7. The molecule has 0 bridgehead atoms. The summed E-state index contributed by atoms with van der Waals surface area (Å²) < 4.78 is 19.1. The Hall–Kier alpha value is -1.43. The first kappa shape index (κ1) is 15.9. The molecule has 2 atom stereocenters. The Morgan fingerprint density at radius 3 is 3.00 bits per heavy atom. The Kier molecular flexibility index (Phi) is 5.33. The van der Waals surface area contributed by atoms with Crippen LogP contribution in [0.2, 0.25) is 5.02 Å². The van der Waals surface area contributed by atoms with Crippen LogP contribution in [0, 0.1) is 5.82 Å². The third-order valence-electron chi connectivity index (χ3n) is 3.23. The molecule has 1 aromatic carbocycles. The first-order valence-electron chi connectivity index (χ1n) is 6.68. The highest BCUT2D eigenvalue weighted by Gasteiger charge is 2.26. The highest BCUT2D eigenvalue weighted by Crippen LogP contribution is 2.20. The van der Waals surface area contributed by atoms with Gasteiger partial charge in [0.2, 0.25) is 5.91 Å². The summed E-state index contributed by atoms with van der Waals surface area (Å²) in [6.07, 6.45) is 2.12. The second kappa shape index (κ2) is 7.02. The highest BCUT2D eigenvalue weighted by atomic mass is 35.5. The fourth-order valence-electron chi connectivity index (χ4n) is 2.26. The number of aliphatic hydroxyl groups excluding tert-OH is 1. The third-order valence-corrected chi connectivity index (χ3v) is 3.56. The topological polar surface area (TPSA) is 49.8 Å². The predicted molar refractivity (Wildman–Crippen MR) is 78.4 cm³/mol. The Labute approximate surface area is 127 Å². The molecule has 1 amide bonds. The van der Waals surface area contributed by atoms with Gasteiger partial charge in [-0.3, -0.25) is 4.79 Å². The van der Waals surface area contributed by atoms with E-state index in [-0.39, 0.29) is 35.3 Å². The van der Waals surface area contributed by atoms with Crippen molar-refractivity contribution >= 4 is 23.6 Å². The number of morpholine rings is 1. The standard InChI is InChI=1S/C15H17ClFNO3/c1-10-7-18(8-11(9-19)21-10)15(20)6-5-12-13(16)3-2-4-14(12)17/h2-6,10-11,19H,7-9H2,1H3/b6-5+. The molecule has 0 radical (unpaired) electrons. The zero-order valence-electron chi connectivity index (χ0n) is 11.6. The summed E-state index contributed by atoms with van der Waals surface area (Å²) >= 11 is 5.90. The van der Waals surface area contributed by atoms with Gasteiger partial charge in [0.1, 0.15) is 5.82 Å². The summed E-state index contributed by atoms with van der Waals surface area (Å²) in [5.74, 6) is -0.738. The van der Waals surface area contributed by atoms with Crippen molar-refractivity contribution in [3.8, 4) is 0 Å². The quantitative estimate of drug-likeness (QED) is 0.870. The van der Waals surface area contributed by atoms with Crippen LogP contribution in [-0.4, -0.2) is 47.8 Å². The summed E-state index contributed by atoms with van der Waals surface area (Å²) in [6.45, 7) is 2.44. The average molecular weight is 314 g/mol. The van der Waals surface area contributed by atoms with Gasteiger partial charge in [-0.05, 0) is 25.1 Å². The monoisotopic (exact) mass is 313 g/mol. The maximum atomic E-state index is 13.6. The van der Waals surface area contributed by atoms with Gasteiger partial charge in [-0.25, -0.2) is 4.39 Å². The van der Waals surface area contributed by atoms with Crippen LogP contribution in [-0.2, 0) is 9.53 Å². The van der Waals surface area contributed by atoms with E-state index in [4.69, 9.17) is 21.4 Å². The van der Waals surface area contributed by atoms with Crippen LogP contribution in [0.5, 0.6) is 0 Å². The molecule has 1 saturated heterocycles. The van der Waals surface area contributed by atoms with E-state index < -0.39 is 5.82 Å². The second-order valence-corrected chi connectivity index (χ2v) is 5.37. The van der Waals surface area contributed by atoms with Crippen LogP contribution in [0.15, 0.2) is 24.3 Å². The van der Waals surface area contributed by atoms with Crippen molar-refractivity contribution in [1.29, 1.82) is 0 Å². The van der Waals surface area contributed by atoms with E-state index in [0.29, 0.717) is 13.1 Å². The number of halogens is 2. The molecular formula is C15H17ClFNO3. The fraction of sp³-hybridized carbons (Fsp3) is 0.400. The number of nitrogens with zero attached hydrogens (tertiary/aromatic N) is 1. The van der Waals surface area contributed by atoms with E-state index in [0.717, 1.165) is 0 Å². The molecule has 114 valence electrons. The molecule has 1 fully saturated rings. The normalized spacial score (nSPS) is 22.8. The van der Waals surface area contributed by atoms with E-state index in [1.165, 1.54) is 24.3 Å². The molecule has 0 aromatic heterocycles. The Morgan fingerprint density at radius 1 is 1.57 bits per heavy atom. The van der Waals surface area contributed by atoms with Gasteiger partial charge in [0, 0.05) is 24.7 Å². The minimum atomic E-state index is -0.477. The molecule has 2 unspecified atom stereocenters. The molecule has 0 saturated carbocycles. The average Bonchev–Trinajstić information content (AvgIpc) is 2.45. The zero-order chi connectivity index (χ0) is 15.4. The molecule has 1 N–H and O–H groups in total. The van der Waals surface area contributed by atoms with Gasteiger partial charge in [0.25, 0.3) is 0 Å².